The molecule has 1 aliphatic carbocycles. The number of nitrogen functional groups attached to an aromatic ring is 1. The predicted molar refractivity (Wildman–Crippen MR) is 150 cm³/mol. The number of aliphatic hydroxyl groups excluding tert-OH is 1. The van der Waals surface area contributed by atoms with Crippen molar-refractivity contribution >= 4 is 80.7 Å². The van der Waals surface area contributed by atoms with E-state index in [0.717, 1.165) is 15.5 Å². The summed E-state index contributed by atoms with van der Waals surface area (Å²) in [6.07, 6.45) is 0.141. The fraction of sp³-hybridized carbons (Fsp3) is 0.455. The topological polar surface area (TPSA) is 233 Å². The number of rotatable bonds is 10. The Labute approximate surface area is 276 Å². The summed E-state index contributed by atoms with van der Waals surface area (Å²) in [5, 5.41) is 43.2. The number of ketones is 2. The van der Waals surface area contributed by atoms with Crippen molar-refractivity contribution in [2.24, 2.45) is 17.0 Å². The predicted octanol–water partition coefficient (Wildman–Crippen LogP) is -3.37. The van der Waals surface area contributed by atoms with E-state index in [1.54, 1.807) is 6.20 Å². The number of thiazole rings is 1. The van der Waals surface area contributed by atoms with Crippen LogP contribution in [0.5, 0.6) is 0 Å². The molecule has 0 bridgehead atoms. The molecule has 1 saturated heterocycles. The van der Waals surface area contributed by atoms with Crippen molar-refractivity contribution in [3.8, 4) is 0 Å². The van der Waals surface area contributed by atoms with Gasteiger partial charge in [0.25, 0.3) is 5.91 Å². The number of β-amino-alcohol motifs (C(OH)–C–C–N with tert-alkyl or cyclic N) is 1. The van der Waals surface area contributed by atoms with Crippen molar-refractivity contribution in [2.75, 3.05) is 36.9 Å². The number of carboxylic acid groups (broad SMARTS) is 1. The average Bonchev–Trinajstić information content (AvgIpc) is 3.62. The van der Waals surface area contributed by atoms with Crippen molar-refractivity contribution in [3.63, 3.8) is 0 Å². The molecule has 1 amide bonds. The van der Waals surface area contributed by atoms with Crippen molar-refractivity contribution < 1.29 is 63.8 Å². The smallest absolute Gasteiger partial charge is 0.785 e. The van der Waals surface area contributed by atoms with Gasteiger partial charge in [0, 0.05) is 34.3 Å². The summed E-state index contributed by atoms with van der Waals surface area (Å²) < 4.78 is 4.61. The zero-order valence-corrected chi connectivity index (χ0v) is 27.1. The third kappa shape index (κ3) is 7.06. The molecule has 5 N–H and O–H groups in total. The van der Waals surface area contributed by atoms with E-state index in [0.29, 0.717) is 22.1 Å². The van der Waals surface area contributed by atoms with Gasteiger partial charge in [0.2, 0.25) is 0 Å². The van der Waals surface area contributed by atoms with Gasteiger partial charge < -0.3 is 36.4 Å². The number of amides is 1. The number of Topliss-reactive ketones (excluding diaryl/α,β-unsaturated/α-hetero) is 2. The van der Waals surface area contributed by atoms with E-state index in [2.05, 4.69) is 25.0 Å². The fourth-order valence-electron chi connectivity index (χ4n) is 4.62. The van der Waals surface area contributed by atoms with Crippen molar-refractivity contribution in [2.45, 2.75) is 21.6 Å². The minimum Gasteiger partial charge on any atom is -0.785 e. The van der Waals surface area contributed by atoms with Crippen LogP contribution >= 0.6 is 46.4 Å². The first-order chi connectivity index (χ1) is 19.6. The first-order valence-corrected chi connectivity index (χ1v) is 15.7. The van der Waals surface area contributed by atoms with Crippen LogP contribution in [0.2, 0.25) is 0 Å². The molecule has 42 heavy (non-hydrogen) atoms. The number of aromatic nitrogens is 3. The first kappa shape index (κ1) is 33.0. The van der Waals surface area contributed by atoms with Crippen LogP contribution in [-0.4, -0.2) is 108 Å². The number of carbonyl (C=O) groups is 4. The Morgan fingerprint density at radius 2 is 2.10 bits per heavy atom. The van der Waals surface area contributed by atoms with Crippen LogP contribution in [0.15, 0.2) is 32.1 Å². The molecule has 0 radical (unpaired) electrons. The molecule has 218 valence electrons. The van der Waals surface area contributed by atoms with Gasteiger partial charge in [-0.15, -0.1) is 28.2 Å². The summed E-state index contributed by atoms with van der Waals surface area (Å²) in [5.74, 6) is -4.10. The number of nitrogens with one attached hydrogen (secondary N) is 1. The number of thioether (sulfide) groups is 2. The third-order valence-corrected chi connectivity index (χ3v) is 10.6. The number of nitrogens with zero attached hydrogens (tertiary/aromatic N) is 5. The van der Waals surface area contributed by atoms with E-state index in [9.17, 15) is 34.6 Å². The molecule has 4 heterocycles. The number of piperidine rings is 1. The maximum absolute atomic E-state index is 13.3. The zero-order chi connectivity index (χ0) is 29.3. The summed E-state index contributed by atoms with van der Waals surface area (Å²) >= 11 is 5.01. The molecular formula is C22H22N7NaO8S4. The second-order valence-electron chi connectivity index (χ2n) is 9.22. The van der Waals surface area contributed by atoms with Gasteiger partial charge >= 0.3 is 35.5 Å². The van der Waals surface area contributed by atoms with Gasteiger partial charge in [0.15, 0.2) is 22.4 Å². The van der Waals surface area contributed by atoms with Crippen LogP contribution in [0.1, 0.15) is 5.69 Å². The number of aliphatic hydroxyl groups is 1. The number of hydrogen-bond donors (Lipinski definition) is 4. The first-order valence-electron chi connectivity index (χ1n) is 12.0. The second-order valence-corrected chi connectivity index (χ2v) is 13.3. The number of carboxylic acids is 1. The molecule has 5 atom stereocenters. The number of oxime groups is 1. The van der Waals surface area contributed by atoms with Crippen LogP contribution in [0, 0.1) is 17.0 Å². The third-order valence-electron chi connectivity index (χ3n) is 6.60. The minimum absolute atomic E-state index is 0. The normalized spacial score (nSPS) is 26.2. The molecule has 0 spiro atoms. The number of anilines is 1. The molecule has 0 aromatic carbocycles. The van der Waals surface area contributed by atoms with Gasteiger partial charge in [-0.05, 0) is 23.7 Å². The number of aliphatic carboxylic acids is 1. The monoisotopic (exact) mass is 663 g/mol. The SMILES string of the molecule is Nc1nc(/C(=N/OCC2CN([O-])CC(O)C2=O)C(=O)N[C@@H]2C(=O)C3C(C(=O)O)=C(CSc4cnns4)CS[C@@H]32)cs1.[Na+]. The number of hydrogen-bond acceptors (Lipinski definition) is 17. The molecule has 2 fully saturated rings. The summed E-state index contributed by atoms with van der Waals surface area (Å²) in [6, 6.07) is -0.975. The summed E-state index contributed by atoms with van der Waals surface area (Å²) in [6.45, 7) is -0.907. The molecule has 20 heteroatoms. The van der Waals surface area contributed by atoms with Crippen molar-refractivity contribution in [1.82, 2.24) is 25.0 Å². The quantitative estimate of drug-likeness (QED) is 0.0841. The Balaban J connectivity index is 0.00000405. The van der Waals surface area contributed by atoms with E-state index in [4.69, 9.17) is 10.6 Å². The zero-order valence-electron chi connectivity index (χ0n) is 21.9. The van der Waals surface area contributed by atoms with Gasteiger partial charge in [-0.1, -0.05) is 9.64 Å². The maximum atomic E-state index is 13.3. The van der Waals surface area contributed by atoms with Gasteiger partial charge in [0.1, 0.15) is 28.7 Å². The largest absolute Gasteiger partial charge is 1.00 e. The number of carbonyl (C=O) groups excluding carboxylic acids is 3. The van der Waals surface area contributed by atoms with Gasteiger partial charge in [-0.2, -0.15) is 11.8 Å². The molecule has 2 aromatic heterocycles. The van der Waals surface area contributed by atoms with Crippen LogP contribution in [0.4, 0.5) is 5.13 Å². The molecule has 2 aliphatic heterocycles. The minimum atomic E-state index is -1.45. The van der Waals surface area contributed by atoms with Gasteiger partial charge in [0.05, 0.1) is 18.0 Å². The Hall–Kier alpha value is -1.94. The Kier molecular flexibility index (Phi) is 11.2. The van der Waals surface area contributed by atoms with Crippen molar-refractivity contribution in [1.29, 1.82) is 0 Å². The molecular weight excluding hydrogens is 642 g/mol. The number of hydroxylamine groups is 2. The van der Waals surface area contributed by atoms with Crippen LogP contribution in [0.3, 0.4) is 0 Å². The molecule has 3 aliphatic rings. The summed E-state index contributed by atoms with van der Waals surface area (Å²) in [7, 11) is 0. The summed E-state index contributed by atoms with van der Waals surface area (Å²) in [5.41, 5.74) is 6.14. The molecule has 3 unspecified atom stereocenters. The number of nitrogens with two attached hydrogens (primary N) is 1. The second kappa shape index (κ2) is 14.2. The molecule has 1 saturated carbocycles. The average molecular weight is 664 g/mol. The standard InChI is InChI=1S/C22H22N7O8S4.Na/c23-22-25-10(7-40-22)15(27-37-4-8-2-29(36)3-11(30)17(8)31)20(33)26-16-18(32)14-13(21(34)35)9(6-39-19(14)16)5-38-12-1-24-28-41-12;/h1,7-8,11,14,16,19,30H,2-6H2,(H2,23,25)(H,26,33)(H,34,35);/q-1;+1/b27-15-;/t8?,11?,14?,16-,19+;/m1./s1. The van der Waals surface area contributed by atoms with E-state index >= 15 is 0 Å². The van der Waals surface area contributed by atoms with E-state index in [-0.39, 0.29) is 71.4 Å². The van der Waals surface area contributed by atoms with E-state index in [1.165, 1.54) is 40.4 Å². The molecule has 2 aromatic rings. The van der Waals surface area contributed by atoms with Gasteiger partial charge in [-0.25, -0.2) is 9.78 Å². The summed E-state index contributed by atoms with van der Waals surface area (Å²) in [4.78, 5) is 60.0. The maximum Gasteiger partial charge on any atom is 1.00 e. The number of fused-ring (bicyclic) bond motifs is 1. The van der Waals surface area contributed by atoms with Crippen LogP contribution < -0.4 is 40.6 Å². The van der Waals surface area contributed by atoms with Crippen LogP contribution in [-0.2, 0) is 24.0 Å². The van der Waals surface area contributed by atoms with Gasteiger partial charge in [-0.3, -0.25) is 14.4 Å². The van der Waals surface area contributed by atoms with Crippen molar-refractivity contribution in [3.05, 3.63) is 33.6 Å². The Morgan fingerprint density at radius 3 is 2.76 bits per heavy atom. The van der Waals surface area contributed by atoms with E-state index < -0.39 is 52.7 Å². The Bertz CT molecular complexity index is 1420. The molecule has 15 nitrogen and oxygen atoms in total. The Morgan fingerprint density at radius 1 is 1.31 bits per heavy atom. The van der Waals surface area contributed by atoms with Crippen LogP contribution in [0.25, 0.3) is 0 Å². The fourth-order valence-corrected chi connectivity index (χ4v) is 8.26. The van der Waals surface area contributed by atoms with E-state index in [1.807, 2.05) is 0 Å². The molecule has 5 rings (SSSR count).